The predicted molar refractivity (Wildman–Crippen MR) is 411 cm³/mol. The van der Waals surface area contributed by atoms with Gasteiger partial charge in [-0.15, -0.1) is 0 Å². The minimum absolute atomic E-state index is 0.0197. The van der Waals surface area contributed by atoms with Crippen molar-refractivity contribution in [1.82, 2.24) is 45.8 Å². The molecule has 9 atom stereocenters. The molecule has 32 nitrogen and oxygen atoms in total. The maximum Gasteiger partial charge on any atom is 0.330 e. The molecule has 8 rings (SSSR count). The highest BCUT2D eigenvalue weighted by atomic mass is 32.2. The summed E-state index contributed by atoms with van der Waals surface area (Å²) in [6.07, 6.45) is 6.15. The maximum absolute atomic E-state index is 15.2. The molecule has 0 saturated carbocycles. The molecule has 5 heterocycles. The lowest BCUT2D eigenvalue weighted by molar-refractivity contribution is -0.165. The number of amides is 9. The van der Waals surface area contributed by atoms with Crippen molar-refractivity contribution in [1.29, 1.82) is 0 Å². The molecular weight excluding hydrogens is 1490 g/mol. The van der Waals surface area contributed by atoms with E-state index in [-0.39, 0.29) is 114 Å². The van der Waals surface area contributed by atoms with Gasteiger partial charge in [0.25, 0.3) is 11.8 Å². The number of methoxy groups -OCH3 is 2. The third-order valence-electron chi connectivity index (χ3n) is 20.4. The molecule has 618 valence electrons. The number of fused-ring (bicyclic) bond motifs is 5. The van der Waals surface area contributed by atoms with Gasteiger partial charge in [-0.05, 0) is 126 Å². The molecule has 2 unspecified atom stereocenters. The molecule has 0 radical (unpaired) electrons. The van der Waals surface area contributed by atoms with Gasteiger partial charge in [-0.3, -0.25) is 47.9 Å². The lowest BCUT2D eigenvalue weighted by atomic mass is 9.87. The number of unbranched alkanes of at least 4 members (excludes halogenated alkanes) is 1. The number of carbonyl (C=O) groups excluding carboxylic acids is 13. The molecule has 5 aliphatic heterocycles. The molecule has 2 bridgehead atoms. The summed E-state index contributed by atoms with van der Waals surface area (Å²) in [7, 11) is 7.18. The summed E-state index contributed by atoms with van der Waals surface area (Å²) in [4.78, 5) is 186. The average Bonchev–Trinajstić information content (AvgIpc) is 1.45. The Balaban J connectivity index is 0.890. The zero-order valence-electron chi connectivity index (χ0n) is 65.8. The fraction of sp³-hybridized carbons (Fsp3) is 0.588. The number of piperidine rings is 1. The number of aryl methyl sites for hydroxylation is 1. The first-order chi connectivity index (χ1) is 54.3. The average molecular weight is 1600 g/mol. The number of ether oxygens (including phenoxy) is 10. The van der Waals surface area contributed by atoms with Crippen LogP contribution >= 0.6 is 11.8 Å². The summed E-state index contributed by atoms with van der Waals surface area (Å²) < 4.78 is 56.5. The Bertz CT molecular complexity index is 3810. The van der Waals surface area contributed by atoms with Gasteiger partial charge < -0.3 is 93.1 Å². The summed E-state index contributed by atoms with van der Waals surface area (Å²) >= 11 is 1.85. The predicted octanol–water partition coefficient (Wildman–Crippen LogP) is 4.52. The number of hydrogen-bond acceptors (Lipinski definition) is 24. The highest BCUT2D eigenvalue weighted by Crippen LogP contribution is 2.36. The number of carbonyl (C=O) groups is 13. The van der Waals surface area contributed by atoms with Crippen LogP contribution in [0.5, 0.6) is 17.2 Å². The van der Waals surface area contributed by atoms with E-state index in [1.165, 1.54) is 76.9 Å². The highest BCUT2D eigenvalue weighted by Gasteiger charge is 2.46. The first-order valence-electron chi connectivity index (χ1n) is 38.5. The molecule has 0 aromatic heterocycles. The molecular formula is C80H109N9O23S. The fourth-order valence-electron chi connectivity index (χ4n) is 13.6. The largest absolute Gasteiger partial charge is 0.493 e. The number of hydrogen-bond donors (Lipinski definition) is 4. The molecule has 9 amide bonds. The number of rotatable bonds is 28. The van der Waals surface area contributed by atoms with Crippen LogP contribution in [-0.4, -0.2) is 276 Å². The first kappa shape index (κ1) is 88.7. The van der Waals surface area contributed by atoms with E-state index in [9.17, 15) is 52.7 Å². The van der Waals surface area contributed by atoms with E-state index in [1.807, 2.05) is 17.8 Å². The minimum atomic E-state index is -1.62. The molecule has 3 aromatic rings. The summed E-state index contributed by atoms with van der Waals surface area (Å²) in [5.74, 6) is -6.73. The van der Waals surface area contributed by atoms with Gasteiger partial charge in [-0.25, -0.2) is 14.4 Å². The number of benzene rings is 3. The Labute approximate surface area is 663 Å². The second-order valence-corrected chi connectivity index (χ2v) is 30.2. The number of likely N-dealkylation sites (N-methyl/N-ethyl adjacent to an activating group) is 3. The molecule has 113 heavy (non-hydrogen) atoms. The number of esters is 4. The molecule has 33 heteroatoms. The number of Topliss-reactive ketones (excluding diaryl/α,β-unsaturated/α-hetero) is 1. The van der Waals surface area contributed by atoms with Gasteiger partial charge in [0.1, 0.15) is 61.9 Å². The van der Waals surface area contributed by atoms with Crippen LogP contribution in [0.25, 0.3) is 0 Å². The zero-order chi connectivity index (χ0) is 81.6. The van der Waals surface area contributed by atoms with Gasteiger partial charge in [0.15, 0.2) is 18.1 Å². The number of ketones is 1. The van der Waals surface area contributed by atoms with Crippen molar-refractivity contribution in [2.45, 2.75) is 164 Å². The lowest BCUT2D eigenvalue weighted by Gasteiger charge is -2.36. The van der Waals surface area contributed by atoms with Crippen LogP contribution in [0.15, 0.2) is 84.9 Å². The van der Waals surface area contributed by atoms with Gasteiger partial charge >= 0.3 is 29.9 Å². The van der Waals surface area contributed by atoms with E-state index in [0.29, 0.717) is 74.2 Å². The Kier molecular flexibility index (Phi) is 35.0. The van der Waals surface area contributed by atoms with E-state index in [0.717, 1.165) is 46.5 Å². The number of nitrogens with one attached hydrogen (secondary N) is 4. The smallest absolute Gasteiger partial charge is 0.330 e. The van der Waals surface area contributed by atoms with E-state index in [1.54, 1.807) is 66.7 Å². The normalized spacial score (nSPS) is 23.6. The summed E-state index contributed by atoms with van der Waals surface area (Å²) in [6, 6.07) is 13.6. The fourth-order valence-corrected chi connectivity index (χ4v) is 15.1. The van der Waals surface area contributed by atoms with Crippen molar-refractivity contribution in [3.63, 3.8) is 0 Å². The minimum Gasteiger partial charge on any atom is -0.493 e. The second-order valence-electron chi connectivity index (χ2n) is 28.9. The Morgan fingerprint density at radius 1 is 0.655 bits per heavy atom. The topological polar surface area (TPSA) is 379 Å². The number of thioether (sulfide) groups is 1. The van der Waals surface area contributed by atoms with Crippen molar-refractivity contribution in [3.8, 4) is 17.2 Å². The summed E-state index contributed by atoms with van der Waals surface area (Å²) in [5.41, 5.74) is -0.0181. The molecule has 0 spiro atoms. The SMILES string of the molecule is COc1ccc(CC[C@H]2OC(=O)[C@@H]3CCCCN3C(=O)C(=O)C(C)(C)COC(=O)/C=C\CCN(C)C(=O)[C@@H]3CCCN3C(=O)[C@H](COC(=O)CCC(=O)OCCOCCOCCOCCNC(=O)CCCCC3SC[C@H]4NC(=O)N[C@@H]34)N(C)C(=O)C(c3ccccc3)NC(=O)[C@H](C)N(C)C(=O)COc3cccc2c3)cc1OC. The number of urea groups is 1. The van der Waals surface area contributed by atoms with E-state index < -0.39 is 139 Å². The maximum atomic E-state index is 15.2. The molecule has 4 N–H and O–H groups in total. The van der Waals surface area contributed by atoms with Gasteiger partial charge in [0, 0.05) is 70.8 Å². The number of cyclic esters (lactones) is 2. The monoisotopic (exact) mass is 1600 g/mol. The van der Waals surface area contributed by atoms with Gasteiger partial charge in [-0.1, -0.05) is 61.0 Å². The van der Waals surface area contributed by atoms with Crippen LogP contribution in [0.1, 0.15) is 133 Å². The van der Waals surface area contributed by atoms with Crippen LogP contribution in [0, 0.1) is 5.41 Å². The Hall–Kier alpha value is -9.86. The van der Waals surface area contributed by atoms with E-state index >= 15 is 9.59 Å². The lowest BCUT2D eigenvalue weighted by Crippen LogP contribution is -2.57. The van der Waals surface area contributed by atoms with Crippen LogP contribution in [0.4, 0.5) is 4.79 Å². The van der Waals surface area contributed by atoms with Crippen molar-refractivity contribution in [2.24, 2.45) is 5.41 Å². The van der Waals surface area contributed by atoms with Gasteiger partial charge in [0.2, 0.25) is 35.3 Å². The molecule has 4 saturated heterocycles. The van der Waals surface area contributed by atoms with Crippen LogP contribution < -0.4 is 35.5 Å². The van der Waals surface area contributed by atoms with Crippen molar-refractivity contribution >= 4 is 88.8 Å². The third-order valence-corrected chi connectivity index (χ3v) is 21.9. The number of nitrogens with zero attached hydrogens (tertiary/aromatic N) is 5. The van der Waals surface area contributed by atoms with E-state index in [2.05, 4.69) is 21.3 Å². The molecule has 4 fully saturated rings. The van der Waals surface area contributed by atoms with Crippen molar-refractivity contribution in [3.05, 3.63) is 102 Å². The molecule has 5 aliphatic rings. The van der Waals surface area contributed by atoms with Gasteiger partial charge in [0.05, 0.1) is 84.2 Å². The first-order valence-corrected chi connectivity index (χ1v) is 39.6. The van der Waals surface area contributed by atoms with Crippen LogP contribution in [0.3, 0.4) is 0 Å². The Morgan fingerprint density at radius 3 is 2.08 bits per heavy atom. The van der Waals surface area contributed by atoms with Crippen LogP contribution in [-0.2, 0) is 97.1 Å². The summed E-state index contributed by atoms with van der Waals surface area (Å²) in [5, 5.41) is 11.9. The van der Waals surface area contributed by atoms with Crippen LogP contribution in [0.2, 0.25) is 0 Å². The van der Waals surface area contributed by atoms with Crippen molar-refractivity contribution < 1.29 is 110 Å². The standard InChI is InChI=1S/C80H109N9O23S/c1-52-73(96)83-70(54-20-10-9-11-21-54)76(99)87(6)60(48-110-69(94)34-33-68(93)108-45-44-107-43-42-106-41-40-105-39-35-81-65(90)27-13-12-26-64-71-57(50-113-64)82-79(102)84-71)75(98)88-38-19-25-58(88)74(97)85(4)36-16-15-28-67(92)111-51-80(2,3)72(95)77(100)89-37-17-14-24-59(89)78(101)112-61(31-29-53-30-32-62(103-7)63(46-53)104-8)55-22-18-23-56(47-55)109-49-66(91)86(52)5/h9-11,15,18,20-23,28,30,32,46-47,52,57-61,64,70-71H,12-14,16-17,19,24-27,29,31,33-45,48-51H2,1-8H3,(H,81,90)(H,83,96)(H2,82,84,102)/b28-15-/t52-,57+,58-,59-,60-,61+,64?,70?,71+/m0/s1. The zero-order valence-corrected chi connectivity index (χ0v) is 66.6. The van der Waals surface area contributed by atoms with Gasteiger partial charge in [-0.2, -0.15) is 11.8 Å². The third kappa shape index (κ3) is 26.4. The quantitative estimate of drug-likeness (QED) is 0.0255. The van der Waals surface area contributed by atoms with Crippen molar-refractivity contribution in [2.75, 3.05) is 133 Å². The Morgan fingerprint density at radius 2 is 1.35 bits per heavy atom. The summed E-state index contributed by atoms with van der Waals surface area (Å²) in [6.45, 7) is 4.18. The second kappa shape index (κ2) is 44.6. The molecule has 3 aromatic carbocycles. The van der Waals surface area contributed by atoms with E-state index in [4.69, 9.17) is 47.4 Å². The molecule has 0 aliphatic carbocycles. The highest BCUT2D eigenvalue weighted by molar-refractivity contribution is 8.00.